The molecule has 14 nitrogen and oxygen atoms in total. The van der Waals surface area contributed by atoms with E-state index >= 15 is 0 Å². The molecule has 22 heavy (non-hydrogen) atoms. The Morgan fingerprint density at radius 3 is 0.591 bits per heavy atom. The number of hydrogen-bond donors (Lipinski definition) is 8. The molecule has 0 fully saturated rings. The van der Waals surface area contributed by atoms with Crippen molar-refractivity contribution in [2.24, 2.45) is 0 Å². The van der Waals surface area contributed by atoms with E-state index in [0.29, 0.717) is 0 Å². The van der Waals surface area contributed by atoms with Gasteiger partial charge in [0, 0.05) is 0 Å². The second kappa shape index (κ2) is 12.4. The van der Waals surface area contributed by atoms with Crippen molar-refractivity contribution in [3.63, 3.8) is 0 Å². The average Bonchev–Trinajstić information content (AvgIpc) is 2.35. The van der Waals surface area contributed by atoms with Crippen LogP contribution >= 0.6 is 0 Å². The van der Waals surface area contributed by atoms with Crippen molar-refractivity contribution in [1.29, 1.82) is 0 Å². The van der Waals surface area contributed by atoms with Crippen LogP contribution in [0.15, 0.2) is 0 Å². The summed E-state index contributed by atoms with van der Waals surface area (Å²) in [6.07, 6.45) is -9.06. The first-order valence-electron chi connectivity index (χ1n) is 4.57. The van der Waals surface area contributed by atoms with Gasteiger partial charge < -0.3 is 51.8 Å². The van der Waals surface area contributed by atoms with Gasteiger partial charge in [0.15, 0.2) is 24.4 Å². The van der Waals surface area contributed by atoms with Gasteiger partial charge in [-0.15, -0.1) is 0 Å². The quantitative estimate of drug-likeness (QED) is 0.225. The fraction of sp³-hybridized carbons (Fsp3) is 0.500. The predicted molar refractivity (Wildman–Crippen MR) is 61.8 cm³/mol. The first-order chi connectivity index (χ1) is 8.93. The Morgan fingerprint density at radius 1 is 0.455 bits per heavy atom. The molecule has 12 N–H and O–H groups in total. The molecule has 0 spiro atoms. The summed E-state index contributed by atoms with van der Waals surface area (Å²) in [4.78, 5) is 39.1. The van der Waals surface area contributed by atoms with Crippen LogP contribution in [0.25, 0.3) is 0 Å². The van der Waals surface area contributed by atoms with Crippen molar-refractivity contribution in [3.05, 3.63) is 0 Å². The molecule has 0 radical (unpaired) electrons. The SMILES string of the molecule is O.O.O=C(O)C(O)C(O)C(=O)O.O=C(O)C(O)C(O)C(=O)O. The minimum Gasteiger partial charge on any atom is -0.479 e. The van der Waals surface area contributed by atoms with E-state index in [1.54, 1.807) is 0 Å². The van der Waals surface area contributed by atoms with Gasteiger partial charge in [-0.25, -0.2) is 19.2 Å². The molecule has 0 aromatic carbocycles. The molecule has 0 amide bonds. The van der Waals surface area contributed by atoms with Crippen LogP contribution in [0.2, 0.25) is 0 Å². The minimum atomic E-state index is -2.27. The molecule has 4 atom stereocenters. The highest BCUT2D eigenvalue weighted by Crippen LogP contribution is 1.93. The lowest BCUT2D eigenvalue weighted by Crippen LogP contribution is -2.39. The first-order valence-corrected chi connectivity index (χ1v) is 4.57. The lowest BCUT2D eigenvalue weighted by atomic mass is 10.2. The molecular weight excluding hydrogens is 320 g/mol. The minimum absolute atomic E-state index is 0. The molecule has 0 saturated heterocycles. The summed E-state index contributed by atoms with van der Waals surface area (Å²) in [6.45, 7) is 0. The van der Waals surface area contributed by atoms with E-state index in [-0.39, 0.29) is 11.0 Å². The Hall–Kier alpha value is -2.36. The van der Waals surface area contributed by atoms with Gasteiger partial charge in [0.05, 0.1) is 0 Å². The van der Waals surface area contributed by atoms with Crippen LogP contribution in [0.3, 0.4) is 0 Å². The zero-order valence-electron chi connectivity index (χ0n) is 10.5. The van der Waals surface area contributed by atoms with E-state index in [1.807, 2.05) is 0 Å². The molecule has 0 aromatic heterocycles. The highest BCUT2D eigenvalue weighted by Gasteiger charge is 2.30. The molecule has 0 aliphatic heterocycles. The van der Waals surface area contributed by atoms with Gasteiger partial charge in [-0.05, 0) is 0 Å². The van der Waals surface area contributed by atoms with Gasteiger partial charge in [-0.3, -0.25) is 0 Å². The number of carboxylic acid groups (broad SMARTS) is 4. The van der Waals surface area contributed by atoms with Crippen LogP contribution in [-0.2, 0) is 19.2 Å². The number of aliphatic hydroxyl groups excluding tert-OH is 4. The van der Waals surface area contributed by atoms with E-state index in [1.165, 1.54) is 0 Å². The molecular formula is C8H16O14. The van der Waals surface area contributed by atoms with E-state index < -0.39 is 48.3 Å². The van der Waals surface area contributed by atoms with E-state index in [2.05, 4.69) is 0 Å². The molecule has 0 heterocycles. The molecule has 0 bridgehead atoms. The number of rotatable bonds is 6. The molecule has 14 heteroatoms. The fourth-order valence-corrected chi connectivity index (χ4v) is 0.540. The Kier molecular flexibility index (Phi) is 15.7. The number of carbonyl (C=O) groups is 4. The van der Waals surface area contributed by atoms with Gasteiger partial charge in [0.2, 0.25) is 0 Å². The summed E-state index contributed by atoms with van der Waals surface area (Å²) >= 11 is 0. The number of aliphatic carboxylic acids is 4. The Labute approximate surface area is 120 Å². The average molecular weight is 336 g/mol. The predicted octanol–water partition coefficient (Wildman–Crippen LogP) is -5.89. The molecule has 0 aliphatic carbocycles. The maximum absolute atomic E-state index is 9.77. The van der Waals surface area contributed by atoms with Crippen LogP contribution in [0.4, 0.5) is 0 Å². The summed E-state index contributed by atoms with van der Waals surface area (Å²) in [5.41, 5.74) is 0. The van der Waals surface area contributed by atoms with Crippen LogP contribution in [0, 0.1) is 0 Å². The molecule has 132 valence electrons. The van der Waals surface area contributed by atoms with Crippen molar-refractivity contribution in [2.45, 2.75) is 24.4 Å². The Bertz CT molecular complexity index is 305. The van der Waals surface area contributed by atoms with Crippen LogP contribution < -0.4 is 0 Å². The van der Waals surface area contributed by atoms with Gasteiger partial charge in [-0.2, -0.15) is 0 Å². The molecule has 0 aromatic rings. The van der Waals surface area contributed by atoms with Crippen molar-refractivity contribution >= 4 is 23.9 Å². The third-order valence-corrected chi connectivity index (χ3v) is 1.61. The van der Waals surface area contributed by atoms with Crippen LogP contribution in [-0.4, -0.2) is 100 Å². The molecule has 0 rings (SSSR count). The van der Waals surface area contributed by atoms with E-state index in [9.17, 15) is 19.2 Å². The highest BCUT2D eigenvalue weighted by molar-refractivity contribution is 5.83. The van der Waals surface area contributed by atoms with Crippen LogP contribution in [0.1, 0.15) is 0 Å². The van der Waals surface area contributed by atoms with Crippen molar-refractivity contribution in [3.8, 4) is 0 Å². The summed E-state index contributed by atoms with van der Waals surface area (Å²) in [5.74, 6) is -7.07. The zero-order chi connectivity index (χ0) is 16.6. The van der Waals surface area contributed by atoms with Crippen molar-refractivity contribution in [2.75, 3.05) is 0 Å². The van der Waals surface area contributed by atoms with Gasteiger partial charge in [0.25, 0.3) is 0 Å². The largest absolute Gasteiger partial charge is 0.479 e. The second-order valence-corrected chi connectivity index (χ2v) is 3.13. The standard InChI is InChI=1S/2C4H6O6.2H2O/c2*5-1(3(7)8)2(6)4(9)10;;/h2*1-2,5-6H,(H,7,8)(H,9,10);2*1H2. The van der Waals surface area contributed by atoms with Crippen LogP contribution in [0.5, 0.6) is 0 Å². The molecule has 0 saturated carbocycles. The third-order valence-electron chi connectivity index (χ3n) is 1.61. The Morgan fingerprint density at radius 2 is 0.545 bits per heavy atom. The monoisotopic (exact) mass is 336 g/mol. The topological polar surface area (TPSA) is 293 Å². The number of hydrogen-bond acceptors (Lipinski definition) is 8. The molecule has 4 unspecified atom stereocenters. The summed E-state index contributed by atoms with van der Waals surface area (Å²) in [5, 5.41) is 65.1. The van der Waals surface area contributed by atoms with Crippen molar-refractivity contribution < 1.29 is 71.0 Å². The highest BCUT2D eigenvalue weighted by atomic mass is 16.4. The lowest BCUT2D eigenvalue weighted by Gasteiger charge is -2.07. The number of carboxylic acids is 4. The Balaban J connectivity index is -0.000000135. The van der Waals surface area contributed by atoms with Gasteiger partial charge in [-0.1, -0.05) is 0 Å². The third kappa shape index (κ3) is 10.4. The first kappa shape index (κ1) is 27.9. The summed E-state index contributed by atoms with van der Waals surface area (Å²) in [6, 6.07) is 0. The van der Waals surface area contributed by atoms with E-state index in [4.69, 9.17) is 40.9 Å². The second-order valence-electron chi connectivity index (χ2n) is 3.13. The van der Waals surface area contributed by atoms with E-state index in [0.717, 1.165) is 0 Å². The molecule has 0 aliphatic rings. The normalized spacial score (nSPS) is 14.4. The van der Waals surface area contributed by atoms with Gasteiger partial charge >= 0.3 is 23.9 Å². The van der Waals surface area contributed by atoms with Crippen molar-refractivity contribution in [1.82, 2.24) is 0 Å². The smallest absolute Gasteiger partial charge is 0.335 e. The summed E-state index contributed by atoms with van der Waals surface area (Å²) < 4.78 is 0. The lowest BCUT2D eigenvalue weighted by molar-refractivity contribution is -0.165. The van der Waals surface area contributed by atoms with Gasteiger partial charge in [0.1, 0.15) is 0 Å². The maximum atomic E-state index is 9.77. The zero-order valence-corrected chi connectivity index (χ0v) is 10.5. The maximum Gasteiger partial charge on any atom is 0.335 e. The fourth-order valence-electron chi connectivity index (χ4n) is 0.540. The summed E-state index contributed by atoms with van der Waals surface area (Å²) in [7, 11) is 0. The number of aliphatic hydroxyl groups is 4.